The molecule has 26 heavy (non-hydrogen) atoms. The van der Waals surface area contributed by atoms with Crippen LogP contribution in [0, 0.1) is 5.92 Å². The van der Waals surface area contributed by atoms with Gasteiger partial charge in [0.2, 0.25) is 5.91 Å². The first-order valence-corrected chi connectivity index (χ1v) is 10.5. The van der Waals surface area contributed by atoms with Crippen molar-refractivity contribution < 1.29 is 14.4 Å². The highest BCUT2D eigenvalue weighted by Gasteiger charge is 2.54. The van der Waals surface area contributed by atoms with Crippen molar-refractivity contribution in [3.63, 3.8) is 0 Å². The van der Waals surface area contributed by atoms with Gasteiger partial charge >= 0.3 is 6.03 Å². The number of aryl methyl sites for hydroxylation is 1. The van der Waals surface area contributed by atoms with E-state index in [9.17, 15) is 14.4 Å². The number of nitrogens with one attached hydrogen (secondary N) is 2. The van der Waals surface area contributed by atoms with Crippen LogP contribution in [0.5, 0.6) is 0 Å². The number of fused-ring (bicyclic) bond motifs is 2. The lowest BCUT2D eigenvalue weighted by Crippen LogP contribution is -2.47. The molecule has 2 heterocycles. The first kappa shape index (κ1) is 17.5. The number of carbonyl (C=O) groups is 3. The van der Waals surface area contributed by atoms with Crippen molar-refractivity contribution in [3.8, 4) is 0 Å². The zero-order chi connectivity index (χ0) is 18.1. The first-order chi connectivity index (χ1) is 12.6. The van der Waals surface area contributed by atoms with Crippen LogP contribution in [0.2, 0.25) is 0 Å². The standard InChI is InChI=1S/C19H25N3O3S/c23-16(20-11-13-5-2-1-3-6-13)12-22-17(24)19(21-18(22)25)9-4-7-15-14(19)8-10-26-15/h8,10,13H,1-7,9,11-12H2,(H,20,23)(H,21,25)/t19-/m0/s1. The third-order valence-electron chi connectivity index (χ3n) is 5.95. The molecular weight excluding hydrogens is 350 g/mol. The second kappa shape index (κ2) is 7.02. The molecule has 3 aliphatic rings. The van der Waals surface area contributed by atoms with Gasteiger partial charge in [0.15, 0.2) is 0 Å². The summed E-state index contributed by atoms with van der Waals surface area (Å²) in [6, 6.07) is 1.48. The summed E-state index contributed by atoms with van der Waals surface area (Å²) in [6.45, 7) is 0.445. The Labute approximate surface area is 157 Å². The second-order valence-electron chi connectivity index (χ2n) is 7.65. The monoisotopic (exact) mass is 375 g/mol. The predicted molar refractivity (Wildman–Crippen MR) is 98.8 cm³/mol. The second-order valence-corrected chi connectivity index (χ2v) is 8.65. The molecule has 140 valence electrons. The van der Waals surface area contributed by atoms with Crippen LogP contribution in [0.25, 0.3) is 0 Å². The van der Waals surface area contributed by atoms with E-state index in [0.717, 1.165) is 41.0 Å². The van der Waals surface area contributed by atoms with E-state index in [1.165, 1.54) is 19.3 Å². The average Bonchev–Trinajstić information content (AvgIpc) is 3.22. The van der Waals surface area contributed by atoms with Gasteiger partial charge in [-0.3, -0.25) is 14.5 Å². The van der Waals surface area contributed by atoms with Gasteiger partial charge in [-0.05, 0) is 49.5 Å². The molecule has 2 aliphatic carbocycles. The lowest BCUT2D eigenvalue weighted by atomic mass is 9.80. The molecule has 0 unspecified atom stereocenters. The molecule has 0 aromatic carbocycles. The molecule has 1 aliphatic heterocycles. The molecular formula is C19H25N3O3S. The number of carbonyl (C=O) groups excluding carboxylic acids is 3. The van der Waals surface area contributed by atoms with E-state index >= 15 is 0 Å². The Morgan fingerprint density at radius 1 is 1.27 bits per heavy atom. The zero-order valence-corrected chi connectivity index (χ0v) is 15.7. The number of thiophene rings is 1. The van der Waals surface area contributed by atoms with E-state index in [4.69, 9.17) is 0 Å². The zero-order valence-electron chi connectivity index (χ0n) is 14.9. The van der Waals surface area contributed by atoms with Crippen LogP contribution in [-0.4, -0.2) is 35.8 Å². The highest BCUT2D eigenvalue weighted by atomic mass is 32.1. The maximum Gasteiger partial charge on any atom is 0.325 e. The fourth-order valence-electron chi connectivity index (χ4n) is 4.53. The van der Waals surface area contributed by atoms with Crippen molar-refractivity contribution in [2.45, 2.75) is 56.9 Å². The SMILES string of the molecule is O=C(CN1C(=O)N[C@]2(CCCc3sccc32)C1=O)NCC1CCCCC1. The number of urea groups is 1. The summed E-state index contributed by atoms with van der Waals surface area (Å²) in [5.41, 5.74) is -0.0499. The molecule has 4 rings (SSSR count). The van der Waals surface area contributed by atoms with E-state index < -0.39 is 11.6 Å². The van der Waals surface area contributed by atoms with Crippen molar-refractivity contribution in [1.82, 2.24) is 15.5 Å². The topological polar surface area (TPSA) is 78.5 Å². The molecule has 1 saturated carbocycles. The molecule has 2 fully saturated rings. The predicted octanol–water partition coefficient (Wildman–Crippen LogP) is 2.53. The number of hydrogen-bond donors (Lipinski definition) is 2. The van der Waals surface area contributed by atoms with E-state index in [1.807, 2.05) is 11.4 Å². The lowest BCUT2D eigenvalue weighted by Gasteiger charge is -2.31. The summed E-state index contributed by atoms with van der Waals surface area (Å²) >= 11 is 1.63. The maximum absolute atomic E-state index is 13.1. The van der Waals surface area contributed by atoms with Gasteiger partial charge in [0, 0.05) is 17.0 Å². The highest BCUT2D eigenvalue weighted by molar-refractivity contribution is 7.10. The normalized spacial score (nSPS) is 26.1. The quantitative estimate of drug-likeness (QED) is 0.794. The summed E-state index contributed by atoms with van der Waals surface area (Å²) in [7, 11) is 0. The van der Waals surface area contributed by atoms with Gasteiger partial charge in [-0.1, -0.05) is 19.3 Å². The third-order valence-corrected chi connectivity index (χ3v) is 6.93. The van der Waals surface area contributed by atoms with Crippen LogP contribution in [-0.2, 0) is 21.5 Å². The van der Waals surface area contributed by atoms with Gasteiger partial charge < -0.3 is 10.6 Å². The lowest BCUT2D eigenvalue weighted by molar-refractivity contribution is -0.135. The Hall–Kier alpha value is -1.89. The van der Waals surface area contributed by atoms with Crippen LogP contribution in [0.4, 0.5) is 4.79 Å². The fourth-order valence-corrected chi connectivity index (χ4v) is 5.53. The Morgan fingerprint density at radius 3 is 2.88 bits per heavy atom. The largest absolute Gasteiger partial charge is 0.354 e. The summed E-state index contributed by atoms with van der Waals surface area (Å²) < 4.78 is 0. The molecule has 6 nitrogen and oxygen atoms in total. The minimum absolute atomic E-state index is 0.196. The van der Waals surface area contributed by atoms with Crippen molar-refractivity contribution in [1.29, 1.82) is 0 Å². The Morgan fingerprint density at radius 2 is 2.08 bits per heavy atom. The van der Waals surface area contributed by atoms with Crippen molar-refractivity contribution in [2.24, 2.45) is 5.92 Å². The van der Waals surface area contributed by atoms with Crippen LogP contribution in [0.1, 0.15) is 55.4 Å². The molecule has 4 amide bonds. The van der Waals surface area contributed by atoms with Gasteiger partial charge in [-0.25, -0.2) is 4.79 Å². The molecule has 0 bridgehead atoms. The summed E-state index contributed by atoms with van der Waals surface area (Å²) in [6.07, 6.45) is 8.42. The summed E-state index contributed by atoms with van der Waals surface area (Å²) in [5.74, 6) is -0.0130. The fraction of sp³-hybridized carbons (Fsp3) is 0.632. The number of hydrogen-bond acceptors (Lipinski definition) is 4. The number of amides is 4. The average molecular weight is 375 g/mol. The van der Waals surface area contributed by atoms with Crippen LogP contribution < -0.4 is 10.6 Å². The molecule has 0 radical (unpaired) electrons. The van der Waals surface area contributed by atoms with E-state index in [1.54, 1.807) is 11.3 Å². The van der Waals surface area contributed by atoms with Crippen LogP contribution in [0.3, 0.4) is 0 Å². The molecule has 7 heteroatoms. The van der Waals surface area contributed by atoms with E-state index in [-0.39, 0.29) is 18.4 Å². The third kappa shape index (κ3) is 3.02. The number of nitrogens with zero attached hydrogens (tertiary/aromatic N) is 1. The Balaban J connectivity index is 1.41. The first-order valence-electron chi connectivity index (χ1n) is 9.58. The van der Waals surface area contributed by atoms with Gasteiger partial charge in [-0.2, -0.15) is 0 Å². The van der Waals surface area contributed by atoms with Crippen molar-refractivity contribution >= 4 is 29.2 Å². The highest BCUT2D eigenvalue weighted by Crippen LogP contribution is 2.42. The van der Waals surface area contributed by atoms with Gasteiger partial charge in [-0.15, -0.1) is 11.3 Å². The minimum atomic E-state index is -0.964. The Kier molecular flexibility index (Phi) is 4.73. The van der Waals surface area contributed by atoms with E-state index in [2.05, 4.69) is 10.6 Å². The van der Waals surface area contributed by atoms with Crippen LogP contribution in [0.15, 0.2) is 11.4 Å². The van der Waals surface area contributed by atoms with Crippen molar-refractivity contribution in [3.05, 3.63) is 21.9 Å². The smallest absolute Gasteiger partial charge is 0.325 e. The van der Waals surface area contributed by atoms with Gasteiger partial charge in [0.25, 0.3) is 5.91 Å². The number of imide groups is 1. The van der Waals surface area contributed by atoms with Crippen molar-refractivity contribution in [2.75, 3.05) is 13.1 Å². The van der Waals surface area contributed by atoms with E-state index in [0.29, 0.717) is 18.9 Å². The molecule has 1 spiro atoms. The van der Waals surface area contributed by atoms with Gasteiger partial charge in [0.05, 0.1) is 0 Å². The number of rotatable bonds is 4. The molecule has 1 aromatic heterocycles. The maximum atomic E-state index is 13.1. The Bertz CT molecular complexity index is 725. The molecule has 1 atom stereocenters. The summed E-state index contributed by atoms with van der Waals surface area (Å²) in [5, 5.41) is 7.77. The molecule has 1 saturated heterocycles. The minimum Gasteiger partial charge on any atom is -0.354 e. The molecule has 2 N–H and O–H groups in total. The van der Waals surface area contributed by atoms with Crippen LogP contribution >= 0.6 is 11.3 Å². The summed E-state index contributed by atoms with van der Waals surface area (Å²) in [4.78, 5) is 40.1. The molecule has 1 aromatic rings. The van der Waals surface area contributed by atoms with Gasteiger partial charge in [0.1, 0.15) is 12.1 Å².